The zero-order valence-electron chi connectivity index (χ0n) is 18.1. The molecule has 1 saturated carbocycles. The van der Waals surface area contributed by atoms with Crippen molar-refractivity contribution in [3.8, 4) is 17.1 Å². The number of nitrogens with zero attached hydrogens (tertiary/aromatic N) is 5. The molecule has 6 rings (SSSR count). The highest BCUT2D eigenvalue weighted by Crippen LogP contribution is 2.26. The van der Waals surface area contributed by atoms with Gasteiger partial charge in [0.05, 0.1) is 22.8 Å². The van der Waals surface area contributed by atoms with Gasteiger partial charge < -0.3 is 20.7 Å². The monoisotopic (exact) mass is 478 g/mol. The third-order valence-electron chi connectivity index (χ3n) is 6.00. The number of hydrogen-bond acceptors (Lipinski definition) is 8. The summed E-state index contributed by atoms with van der Waals surface area (Å²) in [6, 6.07) is 4.02. The molecule has 0 radical (unpaired) electrons. The Morgan fingerprint density at radius 1 is 1.29 bits per heavy atom. The maximum atomic E-state index is 12.9. The standard InChI is InChI=1S/C22H22N8O3S/c23-13-3-4-29(9-13)21(32)17-6-12(10-34-17)15-7-18(25-14-1-2-14)30-19(26-15)11(8-24-30)5-16-20(31)28-22(33)27-16/h5-8,10,13-14,31H,1-4,9,23H2,(H2,27,28,33)/b11-5+,25-18?/t13-/m0/s1. The van der Waals surface area contributed by atoms with Crippen molar-refractivity contribution < 1.29 is 9.90 Å². The van der Waals surface area contributed by atoms with Crippen molar-refractivity contribution >= 4 is 29.0 Å². The Morgan fingerprint density at radius 2 is 2.15 bits per heavy atom. The number of imidazole rings is 1. The van der Waals surface area contributed by atoms with Gasteiger partial charge in [-0.1, -0.05) is 0 Å². The van der Waals surface area contributed by atoms with Crippen molar-refractivity contribution in [2.45, 2.75) is 31.3 Å². The van der Waals surface area contributed by atoms with E-state index in [9.17, 15) is 14.7 Å². The number of aromatic amines is 2. The second kappa shape index (κ2) is 7.92. The van der Waals surface area contributed by atoms with Crippen molar-refractivity contribution in [3.05, 3.63) is 55.5 Å². The van der Waals surface area contributed by atoms with Gasteiger partial charge >= 0.3 is 5.69 Å². The van der Waals surface area contributed by atoms with E-state index in [1.165, 1.54) is 11.3 Å². The Bertz CT molecular complexity index is 1590. The van der Waals surface area contributed by atoms with Crippen LogP contribution in [0.5, 0.6) is 5.88 Å². The van der Waals surface area contributed by atoms with E-state index >= 15 is 0 Å². The summed E-state index contributed by atoms with van der Waals surface area (Å²) < 4.78 is 1.65. The summed E-state index contributed by atoms with van der Waals surface area (Å²) in [5, 5.41) is 16.9. The van der Waals surface area contributed by atoms with Crippen LogP contribution in [0.2, 0.25) is 0 Å². The first-order chi connectivity index (χ1) is 16.4. The fraction of sp³-hybridized carbons (Fsp3) is 0.318. The second-order valence-corrected chi connectivity index (χ2v) is 9.59. The van der Waals surface area contributed by atoms with Crippen LogP contribution in [-0.4, -0.2) is 65.7 Å². The van der Waals surface area contributed by atoms with Crippen LogP contribution in [0.1, 0.15) is 34.6 Å². The van der Waals surface area contributed by atoms with E-state index in [2.05, 4.69) is 15.1 Å². The molecule has 2 aliphatic rings. The summed E-state index contributed by atoms with van der Waals surface area (Å²) in [6.07, 6.45) is 6.10. The Balaban J connectivity index is 1.46. The molecule has 1 saturated heterocycles. The van der Waals surface area contributed by atoms with Crippen LogP contribution in [0.15, 0.2) is 33.5 Å². The van der Waals surface area contributed by atoms with Crippen LogP contribution < -0.4 is 22.1 Å². The molecule has 1 aliphatic heterocycles. The molecule has 0 spiro atoms. The molecule has 12 heteroatoms. The summed E-state index contributed by atoms with van der Waals surface area (Å²) in [5.74, 6) is -0.274. The molecule has 4 aromatic rings. The number of amides is 1. The van der Waals surface area contributed by atoms with Crippen molar-refractivity contribution in [2.75, 3.05) is 13.1 Å². The predicted octanol–water partition coefficient (Wildman–Crippen LogP) is -0.0362. The normalized spacial score (nSPS) is 19.6. The zero-order chi connectivity index (χ0) is 23.4. The highest BCUT2D eigenvalue weighted by Gasteiger charge is 2.26. The molecule has 4 aromatic heterocycles. The average Bonchev–Trinajstić information content (AvgIpc) is 3.18. The average molecular weight is 479 g/mol. The first-order valence-corrected chi connectivity index (χ1v) is 11.9. The van der Waals surface area contributed by atoms with E-state index in [1.807, 2.05) is 17.5 Å². The van der Waals surface area contributed by atoms with Gasteiger partial charge in [0.1, 0.15) is 5.69 Å². The number of carbonyl (C=O) groups excluding carboxylic acids is 1. The Labute approximate surface area is 196 Å². The number of likely N-dealkylation sites (tertiary alicyclic amines) is 1. The number of rotatable bonds is 4. The minimum absolute atomic E-state index is 0.0153. The lowest BCUT2D eigenvalue weighted by Gasteiger charge is -2.14. The fourth-order valence-electron chi connectivity index (χ4n) is 4.05. The third kappa shape index (κ3) is 3.80. The van der Waals surface area contributed by atoms with Crippen molar-refractivity contribution in [1.29, 1.82) is 0 Å². The molecule has 11 nitrogen and oxygen atoms in total. The number of nitrogens with two attached hydrogens (primary N) is 1. The lowest BCUT2D eigenvalue weighted by Crippen LogP contribution is -2.31. The zero-order valence-corrected chi connectivity index (χ0v) is 18.9. The minimum atomic E-state index is -0.507. The topological polar surface area (TPSA) is 158 Å². The number of aromatic nitrogens is 5. The van der Waals surface area contributed by atoms with E-state index < -0.39 is 5.69 Å². The van der Waals surface area contributed by atoms with Crippen LogP contribution in [0.3, 0.4) is 0 Å². The first-order valence-electron chi connectivity index (χ1n) is 11.0. The minimum Gasteiger partial charge on any atom is -0.493 e. The van der Waals surface area contributed by atoms with E-state index in [-0.39, 0.29) is 29.6 Å². The maximum absolute atomic E-state index is 12.9. The number of thiophene rings is 1. The fourth-order valence-corrected chi connectivity index (χ4v) is 4.92. The lowest BCUT2D eigenvalue weighted by atomic mass is 10.2. The Kier molecular flexibility index (Phi) is 4.85. The smallest absolute Gasteiger partial charge is 0.326 e. The van der Waals surface area contributed by atoms with E-state index in [0.717, 1.165) is 24.8 Å². The number of aromatic hydroxyl groups is 1. The molecule has 5 N–H and O–H groups in total. The van der Waals surface area contributed by atoms with Gasteiger partial charge in [-0.05, 0) is 31.4 Å². The van der Waals surface area contributed by atoms with Crippen molar-refractivity contribution in [1.82, 2.24) is 29.5 Å². The summed E-state index contributed by atoms with van der Waals surface area (Å²) in [7, 11) is 0. The van der Waals surface area contributed by atoms with E-state index in [0.29, 0.717) is 40.0 Å². The van der Waals surface area contributed by atoms with Gasteiger partial charge in [-0.15, -0.1) is 11.3 Å². The number of hydrogen-bond donors (Lipinski definition) is 4. The highest BCUT2D eigenvalue weighted by molar-refractivity contribution is 7.12. The second-order valence-electron chi connectivity index (χ2n) is 8.68. The molecule has 1 atom stereocenters. The predicted molar refractivity (Wildman–Crippen MR) is 125 cm³/mol. The molecule has 5 heterocycles. The van der Waals surface area contributed by atoms with Crippen LogP contribution in [0, 0.1) is 0 Å². The molecule has 0 bridgehead atoms. The molecule has 2 fully saturated rings. The molecule has 0 unspecified atom stereocenters. The molecular weight excluding hydrogens is 456 g/mol. The quantitative estimate of drug-likeness (QED) is 0.322. The summed E-state index contributed by atoms with van der Waals surface area (Å²) >= 11 is 1.38. The maximum Gasteiger partial charge on any atom is 0.326 e. The third-order valence-corrected chi connectivity index (χ3v) is 6.91. The largest absolute Gasteiger partial charge is 0.493 e. The van der Waals surface area contributed by atoms with Gasteiger partial charge in [0.15, 0.2) is 11.1 Å². The van der Waals surface area contributed by atoms with E-state index in [4.69, 9.17) is 15.7 Å². The van der Waals surface area contributed by atoms with Gasteiger partial charge in [-0.25, -0.2) is 9.78 Å². The van der Waals surface area contributed by atoms with Gasteiger partial charge in [0, 0.05) is 41.4 Å². The summed E-state index contributed by atoms with van der Waals surface area (Å²) in [5.41, 5.74) is 8.37. The first kappa shape index (κ1) is 20.8. The molecule has 174 valence electrons. The number of carbonyl (C=O) groups is 1. The van der Waals surface area contributed by atoms with Crippen LogP contribution in [0.4, 0.5) is 0 Å². The van der Waals surface area contributed by atoms with Crippen LogP contribution in [0.25, 0.3) is 23.0 Å². The molecule has 34 heavy (non-hydrogen) atoms. The van der Waals surface area contributed by atoms with Gasteiger partial charge in [-0.2, -0.15) is 9.61 Å². The Morgan fingerprint density at radius 3 is 2.85 bits per heavy atom. The molecule has 0 aromatic carbocycles. The number of nitrogens with one attached hydrogen (secondary N) is 2. The van der Waals surface area contributed by atoms with Gasteiger partial charge in [0.25, 0.3) is 5.91 Å². The lowest BCUT2D eigenvalue weighted by molar-refractivity contribution is 0.0795. The van der Waals surface area contributed by atoms with Gasteiger partial charge in [-0.3, -0.25) is 14.8 Å². The highest BCUT2D eigenvalue weighted by atomic mass is 32.1. The van der Waals surface area contributed by atoms with Gasteiger partial charge in [0.2, 0.25) is 5.88 Å². The molecule has 1 aliphatic carbocycles. The number of H-pyrrole nitrogens is 2. The SMILES string of the molecule is N[C@H]1CCN(C(=O)c2cc(-c3cc(=NC4CC4)n4nc/c(=C\c5[nH]c(=O)[nH]c5O)c4n3)cs2)C1. The summed E-state index contributed by atoms with van der Waals surface area (Å²) in [4.78, 5) is 41.3. The van der Waals surface area contributed by atoms with E-state index in [1.54, 1.807) is 21.7 Å². The Hall–Kier alpha value is -3.77. The van der Waals surface area contributed by atoms with Crippen LogP contribution in [-0.2, 0) is 0 Å². The van der Waals surface area contributed by atoms with Crippen molar-refractivity contribution in [2.24, 2.45) is 10.7 Å². The van der Waals surface area contributed by atoms with Crippen molar-refractivity contribution in [3.63, 3.8) is 0 Å². The van der Waals surface area contributed by atoms with Crippen LogP contribution >= 0.6 is 11.3 Å². The number of fused-ring (bicyclic) bond motifs is 1. The summed E-state index contributed by atoms with van der Waals surface area (Å²) in [6.45, 7) is 1.24. The molecular formula is C22H22N8O3S. The molecule has 1 amide bonds.